The zero-order valence-corrected chi connectivity index (χ0v) is 13.6. The number of nitrogens with one attached hydrogen (secondary N) is 1. The van der Waals surface area contributed by atoms with Gasteiger partial charge in [-0.1, -0.05) is 22.9 Å². The maximum atomic E-state index is 12.5. The first kappa shape index (κ1) is 14.5. The summed E-state index contributed by atoms with van der Waals surface area (Å²) < 4.78 is 1.74. The average molecular weight is 390 g/mol. The lowest BCUT2D eigenvalue weighted by Gasteiger charge is -2.24. The van der Waals surface area contributed by atoms with Gasteiger partial charge in [0.05, 0.1) is 5.69 Å². The molecule has 1 fully saturated rings. The Hall–Kier alpha value is -0.880. The number of hydrogen-bond acceptors (Lipinski definition) is 2. The molecule has 0 bridgehead atoms. The van der Waals surface area contributed by atoms with Gasteiger partial charge in [0.1, 0.15) is 6.04 Å². The highest BCUT2D eigenvalue weighted by atomic mass is 79.9. The Morgan fingerprint density at radius 3 is 2.79 bits per heavy atom. The molecule has 19 heavy (non-hydrogen) atoms. The molecule has 0 saturated carbocycles. The Morgan fingerprint density at radius 2 is 2.11 bits per heavy atom. The van der Waals surface area contributed by atoms with E-state index in [4.69, 9.17) is 0 Å². The molecule has 0 aromatic heterocycles. The van der Waals surface area contributed by atoms with Gasteiger partial charge >= 0.3 is 0 Å². The summed E-state index contributed by atoms with van der Waals surface area (Å²) in [6.45, 7) is 2.29. The smallest absolute Gasteiger partial charge is 0.249 e. The minimum Gasteiger partial charge on any atom is -0.344 e. The summed E-state index contributed by atoms with van der Waals surface area (Å²) in [6.07, 6.45) is 0.911. The summed E-state index contributed by atoms with van der Waals surface area (Å²) in [6, 6.07) is 5.22. The van der Waals surface area contributed by atoms with Crippen LogP contribution >= 0.6 is 31.9 Å². The van der Waals surface area contributed by atoms with Gasteiger partial charge in [-0.2, -0.15) is 0 Å². The van der Waals surface area contributed by atoms with Crippen LogP contribution in [0.15, 0.2) is 27.1 Å². The molecule has 1 saturated heterocycles. The lowest BCUT2D eigenvalue weighted by atomic mass is 10.2. The third kappa shape index (κ3) is 3.17. The number of halogens is 2. The van der Waals surface area contributed by atoms with E-state index in [-0.39, 0.29) is 11.8 Å². The molecule has 0 radical (unpaired) electrons. The molecule has 6 heteroatoms. The van der Waals surface area contributed by atoms with Crippen molar-refractivity contribution in [2.24, 2.45) is 0 Å². The van der Waals surface area contributed by atoms with Gasteiger partial charge < -0.3 is 10.2 Å². The topological polar surface area (TPSA) is 49.4 Å². The maximum absolute atomic E-state index is 12.5. The van der Waals surface area contributed by atoms with Crippen LogP contribution in [-0.2, 0) is 9.59 Å². The third-order valence-corrected chi connectivity index (χ3v) is 4.23. The zero-order chi connectivity index (χ0) is 14.0. The molecule has 4 nitrogen and oxygen atoms in total. The molecule has 1 unspecified atom stereocenters. The molecule has 0 spiro atoms. The molecule has 1 aliphatic heterocycles. The second-order valence-corrected chi connectivity index (χ2v) is 6.13. The number of nitrogens with zero attached hydrogens (tertiary/aromatic N) is 1. The first-order valence-corrected chi connectivity index (χ1v) is 7.67. The summed E-state index contributed by atoms with van der Waals surface area (Å²) >= 11 is 6.86. The van der Waals surface area contributed by atoms with Gasteiger partial charge in [0.2, 0.25) is 11.8 Å². The fourth-order valence-electron chi connectivity index (χ4n) is 2.05. The highest BCUT2D eigenvalue weighted by molar-refractivity contribution is 9.11. The molecule has 0 aliphatic carbocycles. The highest BCUT2D eigenvalue weighted by Crippen LogP contribution is 2.31. The van der Waals surface area contributed by atoms with Crippen LogP contribution in [0.1, 0.15) is 19.8 Å². The molecule has 2 amide bonds. The Kier molecular flexibility index (Phi) is 4.62. The van der Waals surface area contributed by atoms with E-state index < -0.39 is 6.04 Å². The molecule has 1 aliphatic rings. The van der Waals surface area contributed by atoms with E-state index in [0.29, 0.717) is 19.4 Å². The standard InChI is InChI=1S/C13H14Br2N2O2/c1-2-10-13(19)17(6-5-12(18)16-10)11-7-8(14)3-4-9(11)15/h3-4,7,10H,2,5-6H2,1H3,(H,16,18). The monoisotopic (exact) mass is 388 g/mol. The number of rotatable bonds is 2. The minimum atomic E-state index is -0.444. The van der Waals surface area contributed by atoms with Crippen molar-refractivity contribution in [3.63, 3.8) is 0 Å². The van der Waals surface area contributed by atoms with Gasteiger partial charge in [0.15, 0.2) is 0 Å². The van der Waals surface area contributed by atoms with Crippen molar-refractivity contribution < 1.29 is 9.59 Å². The maximum Gasteiger partial charge on any atom is 0.249 e. The fraction of sp³-hybridized carbons (Fsp3) is 0.385. The van der Waals surface area contributed by atoms with E-state index in [9.17, 15) is 9.59 Å². The van der Waals surface area contributed by atoms with Crippen molar-refractivity contribution in [1.29, 1.82) is 0 Å². The molecular weight excluding hydrogens is 376 g/mol. The Bertz CT molecular complexity index is 519. The third-order valence-electron chi connectivity index (χ3n) is 3.07. The van der Waals surface area contributed by atoms with E-state index in [2.05, 4.69) is 37.2 Å². The Morgan fingerprint density at radius 1 is 1.37 bits per heavy atom. The molecule has 1 aromatic carbocycles. The van der Waals surface area contributed by atoms with Crippen LogP contribution in [0.4, 0.5) is 5.69 Å². The number of carbonyl (C=O) groups is 2. The van der Waals surface area contributed by atoms with E-state index >= 15 is 0 Å². The van der Waals surface area contributed by atoms with Gasteiger partial charge in [-0.25, -0.2) is 0 Å². The fourth-order valence-corrected chi connectivity index (χ4v) is 2.86. The highest BCUT2D eigenvalue weighted by Gasteiger charge is 2.30. The average Bonchev–Trinajstić information content (AvgIpc) is 2.52. The second-order valence-electron chi connectivity index (χ2n) is 4.36. The van der Waals surface area contributed by atoms with Crippen LogP contribution in [0.25, 0.3) is 0 Å². The van der Waals surface area contributed by atoms with Gasteiger partial charge in [-0.3, -0.25) is 9.59 Å². The quantitative estimate of drug-likeness (QED) is 0.845. The minimum absolute atomic E-state index is 0.0628. The summed E-state index contributed by atoms with van der Waals surface area (Å²) in [5.41, 5.74) is 0.786. The van der Waals surface area contributed by atoms with Crippen molar-refractivity contribution in [3.05, 3.63) is 27.1 Å². The first-order chi connectivity index (χ1) is 9.02. The second kappa shape index (κ2) is 6.05. The molecule has 102 valence electrons. The van der Waals surface area contributed by atoms with Crippen LogP contribution < -0.4 is 10.2 Å². The van der Waals surface area contributed by atoms with E-state index in [1.165, 1.54) is 0 Å². The lowest BCUT2D eigenvalue weighted by Crippen LogP contribution is -2.44. The normalized spacial score (nSPS) is 20.2. The van der Waals surface area contributed by atoms with Crippen LogP contribution in [0, 0.1) is 0 Å². The first-order valence-electron chi connectivity index (χ1n) is 6.08. The van der Waals surface area contributed by atoms with Crippen LogP contribution in [0.5, 0.6) is 0 Å². The van der Waals surface area contributed by atoms with Gasteiger partial charge in [0, 0.05) is 21.9 Å². The number of carbonyl (C=O) groups excluding carboxylic acids is 2. The van der Waals surface area contributed by atoms with Crippen LogP contribution in [0.2, 0.25) is 0 Å². The number of anilines is 1. The van der Waals surface area contributed by atoms with Crippen LogP contribution in [-0.4, -0.2) is 24.4 Å². The Labute approximate surface area is 128 Å². The molecule has 1 heterocycles. The van der Waals surface area contributed by atoms with Crippen molar-refractivity contribution >= 4 is 49.4 Å². The summed E-state index contributed by atoms with van der Waals surface area (Å²) in [5, 5.41) is 2.75. The number of benzene rings is 1. The predicted molar refractivity (Wildman–Crippen MR) is 81.0 cm³/mol. The number of hydrogen-bond donors (Lipinski definition) is 1. The SMILES string of the molecule is CCC1NC(=O)CCN(c2cc(Br)ccc2Br)C1=O. The summed E-state index contributed by atoms with van der Waals surface area (Å²) in [7, 11) is 0. The van der Waals surface area contributed by atoms with Gasteiger partial charge in [-0.15, -0.1) is 0 Å². The molecular formula is C13H14Br2N2O2. The predicted octanol–water partition coefficient (Wildman–Crippen LogP) is 2.84. The van der Waals surface area contributed by atoms with Crippen molar-refractivity contribution in [3.8, 4) is 0 Å². The largest absolute Gasteiger partial charge is 0.344 e. The summed E-state index contributed by atoms with van der Waals surface area (Å²) in [5.74, 6) is -0.138. The van der Waals surface area contributed by atoms with E-state index in [1.807, 2.05) is 25.1 Å². The molecule has 2 rings (SSSR count). The van der Waals surface area contributed by atoms with Gasteiger partial charge in [-0.05, 0) is 40.5 Å². The lowest BCUT2D eigenvalue weighted by molar-refractivity contribution is -0.125. The van der Waals surface area contributed by atoms with Gasteiger partial charge in [0.25, 0.3) is 0 Å². The molecule has 1 N–H and O–H groups in total. The molecule has 1 atom stereocenters. The zero-order valence-electron chi connectivity index (χ0n) is 10.5. The van der Waals surface area contributed by atoms with E-state index in [1.54, 1.807) is 4.90 Å². The van der Waals surface area contributed by atoms with Crippen molar-refractivity contribution in [1.82, 2.24) is 5.32 Å². The summed E-state index contributed by atoms with van der Waals surface area (Å²) in [4.78, 5) is 25.7. The number of amides is 2. The van der Waals surface area contributed by atoms with Crippen molar-refractivity contribution in [2.75, 3.05) is 11.4 Å². The van der Waals surface area contributed by atoms with Crippen molar-refractivity contribution in [2.45, 2.75) is 25.8 Å². The Balaban J connectivity index is 2.38. The van der Waals surface area contributed by atoms with Crippen LogP contribution in [0.3, 0.4) is 0 Å². The molecule has 1 aromatic rings. The van der Waals surface area contributed by atoms with E-state index in [0.717, 1.165) is 14.6 Å².